The first kappa shape index (κ1) is 15.3. The van der Waals surface area contributed by atoms with Crippen molar-refractivity contribution in [1.82, 2.24) is 0 Å². The minimum atomic E-state index is -0.386. The van der Waals surface area contributed by atoms with E-state index in [1.165, 1.54) is 6.07 Å². The monoisotopic (exact) mass is 311 g/mol. The molecule has 1 atom stereocenters. The number of rotatable bonds is 5. The van der Waals surface area contributed by atoms with Gasteiger partial charge in [-0.2, -0.15) is 0 Å². The first-order chi connectivity index (χ1) is 9.58. The molecule has 2 rings (SSSR count). The molecule has 0 aromatic heterocycles. The predicted octanol–water partition coefficient (Wildman–Crippen LogP) is 4.49. The van der Waals surface area contributed by atoms with Crippen molar-refractivity contribution in [3.63, 3.8) is 0 Å². The molecule has 0 bridgehead atoms. The third kappa shape index (κ3) is 4.20. The van der Waals surface area contributed by atoms with Crippen LogP contribution in [0.5, 0.6) is 0 Å². The van der Waals surface area contributed by atoms with Crippen LogP contribution < -0.4 is 5.73 Å². The average molecular weight is 312 g/mol. The minimum Gasteiger partial charge on any atom is -0.330 e. The van der Waals surface area contributed by atoms with E-state index in [0.29, 0.717) is 6.54 Å². The van der Waals surface area contributed by atoms with Gasteiger partial charge >= 0.3 is 0 Å². The van der Waals surface area contributed by atoms with Gasteiger partial charge in [-0.05, 0) is 60.7 Å². The smallest absolute Gasteiger partial charge is 0.142 e. The van der Waals surface area contributed by atoms with Crippen molar-refractivity contribution in [1.29, 1.82) is 0 Å². The van der Waals surface area contributed by atoms with E-state index in [-0.39, 0.29) is 16.8 Å². The molecule has 1 nitrogen and oxygen atoms in total. The van der Waals surface area contributed by atoms with Crippen LogP contribution in [0.3, 0.4) is 0 Å². The first-order valence-electron chi connectivity index (χ1n) is 6.47. The molecule has 2 aromatic rings. The molecule has 0 aliphatic heterocycles. The molecule has 1 unspecified atom stereocenters. The van der Waals surface area contributed by atoms with Gasteiger partial charge in [-0.3, -0.25) is 0 Å². The zero-order chi connectivity index (χ0) is 14.5. The Labute approximate surface area is 128 Å². The highest BCUT2D eigenvalue weighted by atomic mass is 35.5. The van der Waals surface area contributed by atoms with Gasteiger partial charge in [-0.25, -0.2) is 4.39 Å². The summed E-state index contributed by atoms with van der Waals surface area (Å²) in [6.45, 7) is 0.538. The molecule has 0 aliphatic carbocycles. The Bertz CT molecular complexity index is 586. The molecule has 0 aliphatic rings. The standard InChI is InChI=1S/C16H16Cl2FN/c17-14-3-1-2-11(8-14)6-13(10-20)7-12-4-5-15(18)16(19)9-12/h1-5,8-9,13H,6-7,10,20H2. The van der Waals surface area contributed by atoms with Crippen LogP contribution in [0.1, 0.15) is 11.1 Å². The molecule has 0 saturated carbocycles. The summed E-state index contributed by atoms with van der Waals surface area (Å²) in [5.41, 5.74) is 7.87. The van der Waals surface area contributed by atoms with Crippen LogP contribution in [0.15, 0.2) is 42.5 Å². The van der Waals surface area contributed by atoms with E-state index in [2.05, 4.69) is 0 Å². The largest absolute Gasteiger partial charge is 0.330 e. The SMILES string of the molecule is NCC(Cc1cccc(Cl)c1)Cc1ccc(Cl)c(F)c1. The summed E-state index contributed by atoms with van der Waals surface area (Å²) < 4.78 is 13.4. The van der Waals surface area contributed by atoms with Gasteiger partial charge in [-0.15, -0.1) is 0 Å². The molecule has 0 radical (unpaired) electrons. The van der Waals surface area contributed by atoms with Crippen molar-refractivity contribution in [3.8, 4) is 0 Å². The summed E-state index contributed by atoms with van der Waals surface area (Å²) in [6, 6.07) is 12.6. The Kier molecular flexibility index (Phi) is 5.41. The first-order valence-corrected chi connectivity index (χ1v) is 7.22. The fourth-order valence-electron chi connectivity index (χ4n) is 2.24. The zero-order valence-electron chi connectivity index (χ0n) is 11.0. The summed E-state index contributed by atoms with van der Waals surface area (Å²) in [7, 11) is 0. The van der Waals surface area contributed by atoms with E-state index in [0.717, 1.165) is 29.0 Å². The van der Waals surface area contributed by atoms with E-state index in [1.807, 2.05) is 30.3 Å². The zero-order valence-corrected chi connectivity index (χ0v) is 12.5. The van der Waals surface area contributed by atoms with Crippen LogP contribution in [0, 0.1) is 11.7 Å². The summed E-state index contributed by atoms with van der Waals surface area (Å²) in [6.07, 6.45) is 1.54. The molecule has 0 heterocycles. The Hall–Kier alpha value is -1.09. The van der Waals surface area contributed by atoms with Crippen LogP contribution in [0.2, 0.25) is 10.0 Å². The number of hydrogen-bond acceptors (Lipinski definition) is 1. The Morgan fingerprint density at radius 1 is 1.00 bits per heavy atom. The highest BCUT2D eigenvalue weighted by Gasteiger charge is 2.11. The highest BCUT2D eigenvalue weighted by Crippen LogP contribution is 2.20. The van der Waals surface area contributed by atoms with Crippen molar-refractivity contribution in [2.45, 2.75) is 12.8 Å². The van der Waals surface area contributed by atoms with Gasteiger partial charge in [0.15, 0.2) is 0 Å². The van der Waals surface area contributed by atoms with Crippen molar-refractivity contribution in [3.05, 3.63) is 69.5 Å². The van der Waals surface area contributed by atoms with Gasteiger partial charge in [0.1, 0.15) is 5.82 Å². The van der Waals surface area contributed by atoms with E-state index >= 15 is 0 Å². The molecule has 0 saturated heterocycles. The van der Waals surface area contributed by atoms with Crippen LogP contribution in [-0.4, -0.2) is 6.54 Å². The van der Waals surface area contributed by atoms with E-state index in [1.54, 1.807) is 6.07 Å². The topological polar surface area (TPSA) is 26.0 Å². The lowest BCUT2D eigenvalue weighted by Gasteiger charge is -2.15. The summed E-state index contributed by atoms with van der Waals surface area (Å²) in [5, 5.41) is 0.865. The Morgan fingerprint density at radius 3 is 2.30 bits per heavy atom. The van der Waals surface area contributed by atoms with Crippen LogP contribution in [0.4, 0.5) is 4.39 Å². The molecule has 20 heavy (non-hydrogen) atoms. The molecule has 0 fully saturated rings. The normalized spacial score (nSPS) is 12.4. The Balaban J connectivity index is 2.07. The number of benzene rings is 2. The fraction of sp³-hybridized carbons (Fsp3) is 0.250. The minimum absolute atomic E-state index is 0.146. The number of hydrogen-bond donors (Lipinski definition) is 1. The molecule has 2 aromatic carbocycles. The van der Waals surface area contributed by atoms with E-state index < -0.39 is 0 Å². The summed E-state index contributed by atoms with van der Waals surface area (Å²) >= 11 is 11.7. The quantitative estimate of drug-likeness (QED) is 0.865. The van der Waals surface area contributed by atoms with Crippen LogP contribution in [0.25, 0.3) is 0 Å². The molecule has 0 amide bonds. The second-order valence-corrected chi connectivity index (χ2v) is 5.73. The second kappa shape index (κ2) is 7.07. The van der Waals surface area contributed by atoms with E-state index in [4.69, 9.17) is 28.9 Å². The fourth-order valence-corrected chi connectivity index (χ4v) is 2.57. The third-order valence-electron chi connectivity index (χ3n) is 3.26. The van der Waals surface area contributed by atoms with Crippen molar-refractivity contribution < 1.29 is 4.39 Å². The summed E-state index contributed by atoms with van der Waals surface area (Å²) in [5.74, 6) is -0.142. The van der Waals surface area contributed by atoms with Gasteiger partial charge in [0, 0.05) is 5.02 Å². The van der Waals surface area contributed by atoms with Crippen LogP contribution >= 0.6 is 23.2 Å². The van der Waals surface area contributed by atoms with Gasteiger partial charge in [-0.1, -0.05) is 41.4 Å². The highest BCUT2D eigenvalue weighted by molar-refractivity contribution is 6.30. The maximum absolute atomic E-state index is 13.4. The maximum atomic E-state index is 13.4. The molecule has 0 spiro atoms. The van der Waals surface area contributed by atoms with Gasteiger partial charge in [0.05, 0.1) is 5.02 Å². The summed E-state index contributed by atoms with van der Waals surface area (Å²) in [4.78, 5) is 0. The number of nitrogens with two attached hydrogens (primary N) is 1. The van der Waals surface area contributed by atoms with Gasteiger partial charge in [0.25, 0.3) is 0 Å². The lowest BCUT2D eigenvalue weighted by molar-refractivity contribution is 0.530. The lowest BCUT2D eigenvalue weighted by Crippen LogP contribution is -2.19. The van der Waals surface area contributed by atoms with Gasteiger partial charge in [0.2, 0.25) is 0 Å². The van der Waals surface area contributed by atoms with E-state index in [9.17, 15) is 4.39 Å². The Morgan fingerprint density at radius 2 is 1.70 bits per heavy atom. The molecule has 106 valence electrons. The van der Waals surface area contributed by atoms with Crippen molar-refractivity contribution in [2.24, 2.45) is 11.7 Å². The van der Waals surface area contributed by atoms with Crippen molar-refractivity contribution >= 4 is 23.2 Å². The molecular formula is C16H16Cl2FN. The predicted molar refractivity (Wildman–Crippen MR) is 82.8 cm³/mol. The van der Waals surface area contributed by atoms with Crippen molar-refractivity contribution in [2.75, 3.05) is 6.54 Å². The molecule has 4 heteroatoms. The third-order valence-corrected chi connectivity index (χ3v) is 3.80. The van der Waals surface area contributed by atoms with Gasteiger partial charge < -0.3 is 5.73 Å². The average Bonchev–Trinajstić information content (AvgIpc) is 2.42. The maximum Gasteiger partial charge on any atom is 0.142 e. The second-order valence-electron chi connectivity index (χ2n) is 4.89. The number of halogens is 3. The molecule has 2 N–H and O–H groups in total. The molecular weight excluding hydrogens is 296 g/mol. The van der Waals surface area contributed by atoms with Crippen LogP contribution in [-0.2, 0) is 12.8 Å². The lowest BCUT2D eigenvalue weighted by atomic mass is 9.92.